The van der Waals surface area contributed by atoms with E-state index in [9.17, 15) is 4.79 Å². The quantitative estimate of drug-likeness (QED) is 0.770. The first-order chi connectivity index (χ1) is 8.25. The van der Waals surface area contributed by atoms with E-state index >= 15 is 0 Å². The van der Waals surface area contributed by atoms with Gasteiger partial charge in [-0.3, -0.25) is 9.63 Å². The van der Waals surface area contributed by atoms with Crippen molar-refractivity contribution in [1.82, 2.24) is 5.06 Å². The highest BCUT2D eigenvalue weighted by Crippen LogP contribution is 2.19. The Hall–Kier alpha value is -1.00. The van der Waals surface area contributed by atoms with Gasteiger partial charge >= 0.3 is 0 Å². The molecule has 1 aliphatic heterocycles. The number of hydrogen-bond donors (Lipinski definition) is 0. The van der Waals surface area contributed by atoms with Crippen LogP contribution in [0.3, 0.4) is 0 Å². The van der Waals surface area contributed by atoms with Gasteiger partial charge in [-0.1, -0.05) is 17.7 Å². The number of amides is 1. The van der Waals surface area contributed by atoms with E-state index in [1.54, 1.807) is 11.8 Å². The van der Waals surface area contributed by atoms with E-state index in [1.807, 2.05) is 0 Å². The van der Waals surface area contributed by atoms with E-state index in [4.69, 9.17) is 4.84 Å². The van der Waals surface area contributed by atoms with Gasteiger partial charge in [0.25, 0.3) is 0 Å². The van der Waals surface area contributed by atoms with Gasteiger partial charge in [-0.05, 0) is 25.5 Å². The zero-order valence-electron chi connectivity index (χ0n) is 10.0. The molecule has 17 heavy (non-hydrogen) atoms. The van der Waals surface area contributed by atoms with Gasteiger partial charge in [-0.2, -0.15) is 0 Å². The molecule has 1 fully saturated rings. The molecule has 0 unspecified atom stereocenters. The first-order valence-corrected chi connectivity index (χ1v) is 6.87. The fourth-order valence-corrected chi connectivity index (χ4v) is 2.50. The molecule has 0 aliphatic carbocycles. The summed E-state index contributed by atoms with van der Waals surface area (Å²) in [4.78, 5) is 18.1. The van der Waals surface area contributed by atoms with E-state index < -0.39 is 0 Å². The lowest BCUT2D eigenvalue weighted by Gasteiger charge is -2.13. The Morgan fingerprint density at radius 3 is 2.82 bits per heavy atom. The summed E-state index contributed by atoms with van der Waals surface area (Å²) in [6.45, 7) is 3.49. The lowest BCUT2D eigenvalue weighted by molar-refractivity contribution is -0.168. The van der Waals surface area contributed by atoms with E-state index in [2.05, 4.69) is 31.2 Å². The molecule has 4 heteroatoms. The third-order valence-corrected chi connectivity index (χ3v) is 3.65. The number of nitrogens with zero attached hydrogens (tertiary/aromatic N) is 1. The van der Waals surface area contributed by atoms with Crippen LogP contribution in [0, 0.1) is 6.92 Å². The van der Waals surface area contributed by atoms with E-state index in [-0.39, 0.29) is 5.91 Å². The molecule has 0 spiro atoms. The fraction of sp³-hybridized carbons (Fsp3) is 0.462. The summed E-state index contributed by atoms with van der Waals surface area (Å²) in [5, 5.41) is 1.50. The lowest BCUT2D eigenvalue weighted by atomic mass is 10.2. The molecule has 92 valence electrons. The van der Waals surface area contributed by atoms with Crippen LogP contribution in [-0.4, -0.2) is 29.9 Å². The van der Waals surface area contributed by atoms with Crippen molar-refractivity contribution in [3.63, 3.8) is 0 Å². The maximum Gasteiger partial charge on any atom is 0.246 e. The molecule has 0 radical (unpaired) electrons. The van der Waals surface area contributed by atoms with Gasteiger partial charge in [-0.15, -0.1) is 11.8 Å². The number of benzene rings is 1. The molecule has 2 rings (SSSR count). The molecule has 0 aromatic heterocycles. The smallest absolute Gasteiger partial charge is 0.246 e. The minimum absolute atomic E-state index is 0.0992. The van der Waals surface area contributed by atoms with Gasteiger partial charge in [0.1, 0.15) is 0 Å². The molecule has 1 saturated heterocycles. The number of thioether (sulfide) groups is 1. The summed E-state index contributed by atoms with van der Waals surface area (Å²) >= 11 is 1.71. The molecule has 1 amide bonds. The Balaban J connectivity index is 1.72. The van der Waals surface area contributed by atoms with Crippen LogP contribution < -0.4 is 0 Å². The highest BCUT2D eigenvalue weighted by atomic mass is 32.2. The fourth-order valence-electron chi connectivity index (χ4n) is 1.66. The van der Waals surface area contributed by atoms with E-state index in [1.165, 1.54) is 15.5 Å². The maximum atomic E-state index is 11.7. The van der Waals surface area contributed by atoms with Gasteiger partial charge in [0.2, 0.25) is 5.91 Å². The number of hydrogen-bond acceptors (Lipinski definition) is 3. The largest absolute Gasteiger partial charge is 0.273 e. The molecular weight excluding hydrogens is 234 g/mol. The third-order valence-electron chi connectivity index (χ3n) is 2.64. The van der Waals surface area contributed by atoms with Gasteiger partial charge in [0.15, 0.2) is 0 Å². The average Bonchev–Trinajstić information content (AvgIpc) is 2.85. The Morgan fingerprint density at radius 2 is 2.18 bits per heavy atom. The first kappa shape index (κ1) is 12.5. The van der Waals surface area contributed by atoms with Gasteiger partial charge < -0.3 is 0 Å². The zero-order chi connectivity index (χ0) is 12.1. The molecule has 1 aromatic rings. The second-order valence-electron chi connectivity index (χ2n) is 4.09. The Labute approximate surface area is 106 Å². The minimum atomic E-state index is 0.0992. The number of carbonyl (C=O) groups excluding carboxylic acids is 1. The standard InChI is InChI=1S/C13H17NO2S/c1-11-3-5-12(6-4-11)17-10-7-13(15)14-8-2-9-16-14/h3-6H,2,7-10H2,1H3. The number of rotatable bonds is 4. The predicted molar refractivity (Wildman–Crippen MR) is 68.8 cm³/mol. The van der Waals surface area contributed by atoms with Crippen LogP contribution in [0.15, 0.2) is 29.2 Å². The highest BCUT2D eigenvalue weighted by molar-refractivity contribution is 7.99. The van der Waals surface area contributed by atoms with Crippen LogP contribution in [-0.2, 0) is 9.63 Å². The molecular formula is C13H17NO2S. The molecule has 1 heterocycles. The Morgan fingerprint density at radius 1 is 1.41 bits per heavy atom. The van der Waals surface area contributed by atoms with Crippen LogP contribution in [0.1, 0.15) is 18.4 Å². The van der Waals surface area contributed by atoms with Crippen LogP contribution in [0.4, 0.5) is 0 Å². The normalized spacial score (nSPS) is 15.2. The SMILES string of the molecule is Cc1ccc(SCCC(=O)N2CCCO2)cc1. The van der Waals surface area contributed by atoms with Crippen molar-refractivity contribution in [2.45, 2.75) is 24.7 Å². The number of hydroxylamine groups is 2. The maximum absolute atomic E-state index is 11.7. The second-order valence-corrected chi connectivity index (χ2v) is 5.26. The van der Waals surface area contributed by atoms with Crippen molar-refractivity contribution in [2.24, 2.45) is 0 Å². The predicted octanol–water partition coefficient (Wildman–Crippen LogP) is 2.64. The van der Waals surface area contributed by atoms with E-state index in [0.717, 1.165) is 18.7 Å². The molecule has 0 bridgehead atoms. The van der Waals surface area contributed by atoms with Gasteiger partial charge in [0, 0.05) is 17.1 Å². The molecule has 0 N–H and O–H groups in total. The summed E-state index contributed by atoms with van der Waals surface area (Å²) in [5.41, 5.74) is 1.26. The topological polar surface area (TPSA) is 29.5 Å². The first-order valence-electron chi connectivity index (χ1n) is 5.88. The van der Waals surface area contributed by atoms with Gasteiger partial charge in [0.05, 0.1) is 13.2 Å². The number of carbonyl (C=O) groups is 1. The number of aryl methyl sites for hydroxylation is 1. The summed E-state index contributed by atoms with van der Waals surface area (Å²) in [7, 11) is 0. The average molecular weight is 251 g/mol. The van der Waals surface area contributed by atoms with E-state index in [0.29, 0.717) is 13.0 Å². The van der Waals surface area contributed by atoms with Crippen molar-refractivity contribution in [1.29, 1.82) is 0 Å². The third kappa shape index (κ3) is 3.75. The van der Waals surface area contributed by atoms with Crippen LogP contribution in [0.2, 0.25) is 0 Å². The van der Waals surface area contributed by atoms with Crippen molar-refractivity contribution in [3.8, 4) is 0 Å². The van der Waals surface area contributed by atoms with Crippen molar-refractivity contribution >= 4 is 17.7 Å². The van der Waals surface area contributed by atoms with Crippen LogP contribution in [0.5, 0.6) is 0 Å². The molecule has 1 aliphatic rings. The molecule has 0 saturated carbocycles. The lowest BCUT2D eigenvalue weighted by Crippen LogP contribution is -2.26. The zero-order valence-corrected chi connectivity index (χ0v) is 10.8. The highest BCUT2D eigenvalue weighted by Gasteiger charge is 2.18. The summed E-state index contributed by atoms with van der Waals surface area (Å²) in [6, 6.07) is 8.37. The monoisotopic (exact) mass is 251 g/mol. The molecule has 3 nitrogen and oxygen atoms in total. The van der Waals surface area contributed by atoms with Crippen molar-refractivity contribution < 1.29 is 9.63 Å². The summed E-state index contributed by atoms with van der Waals surface area (Å²) in [5.74, 6) is 0.906. The molecule has 0 atom stereocenters. The Bertz CT molecular complexity index is 372. The Kier molecular flexibility index (Phi) is 4.45. The second kappa shape index (κ2) is 6.07. The van der Waals surface area contributed by atoms with Crippen LogP contribution >= 0.6 is 11.8 Å². The summed E-state index contributed by atoms with van der Waals surface area (Å²) < 4.78 is 0. The van der Waals surface area contributed by atoms with Gasteiger partial charge in [-0.25, -0.2) is 5.06 Å². The minimum Gasteiger partial charge on any atom is -0.273 e. The molecule has 1 aromatic carbocycles. The van der Waals surface area contributed by atoms with Crippen molar-refractivity contribution in [3.05, 3.63) is 29.8 Å². The van der Waals surface area contributed by atoms with Crippen molar-refractivity contribution in [2.75, 3.05) is 18.9 Å². The van der Waals surface area contributed by atoms with Crippen LogP contribution in [0.25, 0.3) is 0 Å². The summed E-state index contributed by atoms with van der Waals surface area (Å²) in [6.07, 6.45) is 1.50.